The van der Waals surface area contributed by atoms with E-state index in [9.17, 15) is 8.42 Å². The summed E-state index contributed by atoms with van der Waals surface area (Å²) >= 11 is 11.7. The van der Waals surface area contributed by atoms with Crippen LogP contribution in [0.5, 0.6) is 0 Å². The molecule has 3 heterocycles. The molecular formula is C18H20ClN5O2S2. The fourth-order valence-corrected chi connectivity index (χ4v) is 5.17. The number of anilines is 2. The number of fused-ring (bicyclic) bond motifs is 1. The predicted molar refractivity (Wildman–Crippen MR) is 114 cm³/mol. The number of rotatable bonds is 3. The van der Waals surface area contributed by atoms with Crippen LogP contribution in [0.3, 0.4) is 0 Å². The fraction of sp³-hybridized carbons (Fsp3) is 0.389. The fourth-order valence-electron chi connectivity index (χ4n) is 3.86. The summed E-state index contributed by atoms with van der Waals surface area (Å²) in [5.74, 6) is 0.801. The molecule has 7 nitrogen and oxygen atoms in total. The van der Waals surface area contributed by atoms with E-state index in [4.69, 9.17) is 23.8 Å². The first-order valence-electron chi connectivity index (χ1n) is 8.89. The summed E-state index contributed by atoms with van der Waals surface area (Å²) in [5.41, 5.74) is 0.798. The molecule has 2 aromatic rings. The van der Waals surface area contributed by atoms with Crippen molar-refractivity contribution in [3.05, 3.63) is 41.8 Å². The Morgan fingerprint density at radius 2 is 2.04 bits per heavy atom. The van der Waals surface area contributed by atoms with E-state index >= 15 is 0 Å². The highest BCUT2D eigenvalue weighted by Gasteiger charge is 2.44. The van der Waals surface area contributed by atoms with Crippen molar-refractivity contribution in [2.24, 2.45) is 0 Å². The number of hydrogen-bond donors (Lipinski definition) is 0. The van der Waals surface area contributed by atoms with Crippen molar-refractivity contribution in [1.29, 1.82) is 0 Å². The van der Waals surface area contributed by atoms with Crippen LogP contribution >= 0.6 is 23.8 Å². The Hall–Kier alpha value is -1.97. The van der Waals surface area contributed by atoms with Gasteiger partial charge in [0.05, 0.1) is 17.0 Å². The van der Waals surface area contributed by atoms with Gasteiger partial charge in [-0.3, -0.25) is 0 Å². The maximum atomic E-state index is 12.0. The predicted octanol–water partition coefficient (Wildman–Crippen LogP) is 2.22. The molecule has 1 aromatic heterocycles. The van der Waals surface area contributed by atoms with Crippen LogP contribution in [0.25, 0.3) is 0 Å². The Balaban J connectivity index is 1.62. The van der Waals surface area contributed by atoms with Gasteiger partial charge in [-0.05, 0) is 55.0 Å². The molecule has 0 N–H and O–H groups in total. The maximum absolute atomic E-state index is 12.0. The lowest BCUT2D eigenvalue weighted by Crippen LogP contribution is -2.53. The molecule has 2 unspecified atom stereocenters. The summed E-state index contributed by atoms with van der Waals surface area (Å²) in [6.45, 7) is 4.39. The lowest BCUT2D eigenvalue weighted by molar-refractivity contribution is 0.291. The summed E-state index contributed by atoms with van der Waals surface area (Å²) in [7, 11) is -3.28. The minimum Gasteiger partial charge on any atom is -0.353 e. The standard InChI is InChI=1S/C18H20ClN5O2S2/c1-12-15-11-22(16-6-7-20-17(19)21-16)8-9-23(15)18(27)24(12)13-4-3-5-14(10-13)28(2,25)26/h3-7,10,12,15H,8-9,11H2,1-2H3. The number of aromatic nitrogens is 2. The summed E-state index contributed by atoms with van der Waals surface area (Å²) in [5, 5.41) is 0.956. The molecule has 2 atom stereocenters. The van der Waals surface area contributed by atoms with Crippen LogP contribution < -0.4 is 9.80 Å². The molecule has 4 rings (SSSR count). The van der Waals surface area contributed by atoms with Crippen molar-refractivity contribution in [1.82, 2.24) is 14.9 Å². The van der Waals surface area contributed by atoms with E-state index in [0.29, 0.717) is 4.90 Å². The molecule has 2 fully saturated rings. The quantitative estimate of drug-likeness (QED) is 0.534. The molecule has 28 heavy (non-hydrogen) atoms. The Morgan fingerprint density at radius 3 is 2.75 bits per heavy atom. The molecule has 0 aliphatic carbocycles. The molecule has 1 aromatic carbocycles. The van der Waals surface area contributed by atoms with E-state index in [1.54, 1.807) is 24.4 Å². The van der Waals surface area contributed by atoms with E-state index in [2.05, 4.69) is 26.7 Å². The smallest absolute Gasteiger partial charge is 0.224 e. The summed E-state index contributed by atoms with van der Waals surface area (Å²) in [4.78, 5) is 15.0. The van der Waals surface area contributed by atoms with Crippen LogP contribution in [-0.2, 0) is 9.84 Å². The molecule has 2 aliphatic heterocycles. The van der Waals surface area contributed by atoms with Crippen molar-refractivity contribution < 1.29 is 8.42 Å². The van der Waals surface area contributed by atoms with Gasteiger partial charge in [0.25, 0.3) is 0 Å². The van der Waals surface area contributed by atoms with Crippen LogP contribution in [0.15, 0.2) is 41.4 Å². The lowest BCUT2D eigenvalue weighted by atomic mass is 10.1. The Labute approximate surface area is 174 Å². The summed E-state index contributed by atoms with van der Waals surface area (Å²) < 4.78 is 23.9. The zero-order chi connectivity index (χ0) is 20.1. The third-order valence-electron chi connectivity index (χ3n) is 5.29. The molecule has 148 valence electrons. The number of piperazine rings is 1. The normalized spacial score (nSPS) is 22.5. The third-order valence-corrected chi connectivity index (χ3v) is 7.02. The minimum absolute atomic E-state index is 0.0856. The highest BCUT2D eigenvalue weighted by atomic mass is 35.5. The maximum Gasteiger partial charge on any atom is 0.224 e. The van der Waals surface area contributed by atoms with Gasteiger partial charge in [0.1, 0.15) is 5.82 Å². The van der Waals surface area contributed by atoms with Crippen LogP contribution in [0.4, 0.5) is 11.5 Å². The lowest BCUT2D eigenvalue weighted by Gasteiger charge is -2.39. The van der Waals surface area contributed by atoms with Gasteiger partial charge in [0, 0.05) is 37.8 Å². The van der Waals surface area contributed by atoms with Crippen molar-refractivity contribution in [3.63, 3.8) is 0 Å². The van der Waals surface area contributed by atoms with Crippen molar-refractivity contribution in [2.45, 2.75) is 23.9 Å². The molecule has 2 saturated heterocycles. The second-order valence-corrected chi connectivity index (χ2v) is 9.77. The highest BCUT2D eigenvalue weighted by Crippen LogP contribution is 2.33. The van der Waals surface area contributed by atoms with Gasteiger partial charge >= 0.3 is 0 Å². The van der Waals surface area contributed by atoms with E-state index in [0.717, 1.165) is 36.3 Å². The largest absolute Gasteiger partial charge is 0.353 e. The Morgan fingerprint density at radius 1 is 1.25 bits per heavy atom. The van der Waals surface area contributed by atoms with Crippen molar-refractivity contribution >= 4 is 50.3 Å². The van der Waals surface area contributed by atoms with Gasteiger partial charge < -0.3 is 14.7 Å². The van der Waals surface area contributed by atoms with Crippen LogP contribution in [0.2, 0.25) is 5.28 Å². The topological polar surface area (TPSA) is 69.6 Å². The molecule has 0 spiro atoms. The van der Waals surface area contributed by atoms with E-state index in [-0.39, 0.29) is 17.4 Å². The SMILES string of the molecule is CC1C2CN(c3ccnc(Cl)n3)CCN2C(=S)N1c1cccc(S(C)(=O)=O)c1. The van der Waals surface area contributed by atoms with Gasteiger partial charge in [-0.2, -0.15) is 0 Å². The zero-order valence-corrected chi connectivity index (χ0v) is 17.9. The van der Waals surface area contributed by atoms with E-state index in [1.807, 2.05) is 17.0 Å². The molecule has 0 bridgehead atoms. The van der Waals surface area contributed by atoms with Crippen LogP contribution in [0, 0.1) is 0 Å². The second-order valence-electron chi connectivity index (χ2n) is 7.05. The third kappa shape index (κ3) is 3.42. The molecule has 0 amide bonds. The number of thiocarbonyl (C=S) groups is 1. The van der Waals surface area contributed by atoms with Gasteiger partial charge in [-0.15, -0.1) is 0 Å². The number of halogens is 1. The first-order chi connectivity index (χ1) is 13.3. The molecule has 2 aliphatic rings. The van der Waals surface area contributed by atoms with Gasteiger partial charge in [0.2, 0.25) is 5.28 Å². The summed E-state index contributed by atoms with van der Waals surface area (Å²) in [6, 6.07) is 9.06. The van der Waals surface area contributed by atoms with E-state index < -0.39 is 9.84 Å². The average molecular weight is 438 g/mol. The van der Waals surface area contributed by atoms with Crippen molar-refractivity contribution in [3.8, 4) is 0 Å². The number of nitrogens with zero attached hydrogens (tertiary/aromatic N) is 5. The molecular weight excluding hydrogens is 418 g/mol. The number of hydrogen-bond acceptors (Lipinski definition) is 6. The Kier molecular flexibility index (Phi) is 4.93. The molecule has 10 heteroatoms. The first-order valence-corrected chi connectivity index (χ1v) is 11.6. The Bertz CT molecular complexity index is 1030. The number of benzene rings is 1. The molecule has 0 saturated carbocycles. The first kappa shape index (κ1) is 19.4. The van der Waals surface area contributed by atoms with E-state index in [1.165, 1.54) is 6.26 Å². The van der Waals surface area contributed by atoms with Crippen LogP contribution in [-0.4, -0.2) is 66.4 Å². The van der Waals surface area contributed by atoms with Crippen molar-refractivity contribution in [2.75, 3.05) is 35.7 Å². The monoisotopic (exact) mass is 437 g/mol. The summed E-state index contributed by atoms with van der Waals surface area (Å²) in [6.07, 6.45) is 2.87. The average Bonchev–Trinajstić information content (AvgIpc) is 2.91. The zero-order valence-electron chi connectivity index (χ0n) is 15.5. The highest BCUT2D eigenvalue weighted by molar-refractivity contribution is 7.90. The second kappa shape index (κ2) is 7.13. The van der Waals surface area contributed by atoms with Gasteiger partial charge in [-0.1, -0.05) is 6.07 Å². The van der Waals surface area contributed by atoms with Crippen LogP contribution in [0.1, 0.15) is 6.92 Å². The molecule has 0 radical (unpaired) electrons. The minimum atomic E-state index is -3.28. The van der Waals surface area contributed by atoms with Gasteiger partial charge in [0.15, 0.2) is 14.9 Å². The number of sulfone groups is 1. The van der Waals surface area contributed by atoms with Gasteiger partial charge in [-0.25, -0.2) is 18.4 Å².